The van der Waals surface area contributed by atoms with Crippen LogP contribution in [0.3, 0.4) is 0 Å². The van der Waals surface area contributed by atoms with Crippen LogP contribution in [0.5, 0.6) is 0 Å². The van der Waals surface area contributed by atoms with E-state index in [2.05, 4.69) is 48.7 Å². The number of anilines is 1. The van der Waals surface area contributed by atoms with E-state index in [9.17, 15) is 0 Å². The van der Waals surface area contributed by atoms with Crippen molar-refractivity contribution in [2.45, 2.75) is 13.3 Å². The maximum atomic E-state index is 4.55. The minimum atomic E-state index is 1.01. The quantitative estimate of drug-likeness (QED) is 0.780. The third-order valence-corrected chi connectivity index (χ3v) is 3.01. The summed E-state index contributed by atoms with van der Waals surface area (Å²) in [5.74, 6) is 0. The standard InChI is InChI=1S/C15H21N3/c1-12-11-15(16-9-6-10-18(2)3)13-7-4-5-8-14(13)17-12/h4-5,7-8,11H,6,9-10H2,1-3H3,(H,16,17)/p+1. The van der Waals surface area contributed by atoms with Crippen LogP contribution in [0, 0.1) is 6.92 Å². The van der Waals surface area contributed by atoms with Crippen molar-refractivity contribution in [1.82, 2.24) is 4.98 Å². The number of benzene rings is 1. The Kier molecular flexibility index (Phi) is 4.15. The second-order valence-electron chi connectivity index (χ2n) is 5.07. The number of hydrogen-bond donors (Lipinski definition) is 2. The van der Waals surface area contributed by atoms with Gasteiger partial charge in [-0.25, -0.2) is 0 Å². The number of nitrogens with zero attached hydrogens (tertiary/aromatic N) is 1. The van der Waals surface area contributed by atoms with E-state index >= 15 is 0 Å². The molecule has 0 aliphatic heterocycles. The minimum Gasteiger partial charge on any atom is -0.384 e. The van der Waals surface area contributed by atoms with Gasteiger partial charge in [0, 0.05) is 29.7 Å². The molecule has 2 aromatic rings. The zero-order valence-electron chi connectivity index (χ0n) is 11.5. The van der Waals surface area contributed by atoms with Crippen LogP contribution in [0.15, 0.2) is 30.3 Å². The largest absolute Gasteiger partial charge is 0.384 e. The van der Waals surface area contributed by atoms with Crippen LogP contribution in [-0.4, -0.2) is 32.2 Å². The van der Waals surface area contributed by atoms with Crippen LogP contribution in [0.2, 0.25) is 0 Å². The van der Waals surface area contributed by atoms with E-state index in [1.165, 1.54) is 28.9 Å². The number of pyridine rings is 1. The zero-order valence-corrected chi connectivity index (χ0v) is 11.5. The first kappa shape index (κ1) is 12.8. The number of aryl methyl sites for hydroxylation is 1. The molecule has 0 atom stereocenters. The van der Waals surface area contributed by atoms with Gasteiger partial charge in [0.1, 0.15) is 0 Å². The summed E-state index contributed by atoms with van der Waals surface area (Å²) in [6.07, 6.45) is 1.18. The third-order valence-electron chi connectivity index (χ3n) is 3.01. The van der Waals surface area contributed by atoms with Gasteiger partial charge < -0.3 is 10.2 Å². The SMILES string of the molecule is Cc1cc(NCCC[NH+](C)C)c2ccccc2n1. The molecule has 0 saturated heterocycles. The lowest BCUT2D eigenvalue weighted by atomic mass is 10.1. The summed E-state index contributed by atoms with van der Waals surface area (Å²) in [6.45, 7) is 4.25. The highest BCUT2D eigenvalue weighted by molar-refractivity contribution is 5.91. The molecule has 0 spiro atoms. The zero-order chi connectivity index (χ0) is 13.0. The molecule has 0 unspecified atom stereocenters. The predicted molar refractivity (Wildman–Crippen MR) is 77.3 cm³/mol. The molecule has 0 saturated carbocycles. The first-order valence-corrected chi connectivity index (χ1v) is 6.56. The minimum absolute atomic E-state index is 1.01. The Morgan fingerprint density at radius 3 is 2.78 bits per heavy atom. The van der Waals surface area contributed by atoms with Crippen LogP contribution in [0.25, 0.3) is 10.9 Å². The first-order valence-electron chi connectivity index (χ1n) is 6.56. The van der Waals surface area contributed by atoms with Gasteiger partial charge in [-0.3, -0.25) is 4.98 Å². The van der Waals surface area contributed by atoms with Crippen molar-refractivity contribution in [2.75, 3.05) is 32.5 Å². The Morgan fingerprint density at radius 2 is 2.00 bits per heavy atom. The molecule has 3 nitrogen and oxygen atoms in total. The monoisotopic (exact) mass is 244 g/mol. The lowest BCUT2D eigenvalue weighted by molar-refractivity contribution is -0.858. The van der Waals surface area contributed by atoms with Crippen LogP contribution < -0.4 is 10.2 Å². The Hall–Kier alpha value is -1.61. The number of quaternary nitrogens is 1. The fourth-order valence-corrected chi connectivity index (χ4v) is 2.12. The highest BCUT2D eigenvalue weighted by Crippen LogP contribution is 2.22. The molecular formula is C15H22N3+. The molecule has 1 heterocycles. The van der Waals surface area contributed by atoms with Gasteiger partial charge in [-0.05, 0) is 19.1 Å². The van der Waals surface area contributed by atoms with Gasteiger partial charge in [-0.1, -0.05) is 18.2 Å². The second kappa shape index (κ2) is 5.83. The number of aromatic nitrogens is 1. The topological polar surface area (TPSA) is 29.4 Å². The molecule has 0 aliphatic carbocycles. The molecule has 3 heteroatoms. The fraction of sp³-hybridized carbons (Fsp3) is 0.400. The van der Waals surface area contributed by atoms with E-state index in [-0.39, 0.29) is 0 Å². The van der Waals surface area contributed by atoms with Gasteiger partial charge in [0.05, 0.1) is 26.2 Å². The smallest absolute Gasteiger partial charge is 0.0783 e. The molecule has 0 aliphatic rings. The van der Waals surface area contributed by atoms with Crippen molar-refractivity contribution < 1.29 is 4.90 Å². The third kappa shape index (κ3) is 3.20. The molecule has 1 aromatic heterocycles. The maximum absolute atomic E-state index is 4.55. The average Bonchev–Trinajstić information content (AvgIpc) is 2.34. The normalized spacial score (nSPS) is 11.1. The van der Waals surface area contributed by atoms with Crippen molar-refractivity contribution in [3.63, 3.8) is 0 Å². The van der Waals surface area contributed by atoms with E-state index in [1.807, 2.05) is 13.0 Å². The summed E-state index contributed by atoms with van der Waals surface area (Å²) >= 11 is 0. The number of hydrogen-bond acceptors (Lipinski definition) is 2. The lowest BCUT2D eigenvalue weighted by Gasteiger charge is -2.11. The van der Waals surface area contributed by atoms with Gasteiger partial charge in [-0.15, -0.1) is 0 Å². The number of fused-ring (bicyclic) bond motifs is 1. The molecule has 0 amide bonds. The highest BCUT2D eigenvalue weighted by atomic mass is 15.1. The molecule has 1 aromatic carbocycles. The summed E-state index contributed by atoms with van der Waals surface area (Å²) in [5, 5.41) is 4.74. The summed E-state index contributed by atoms with van der Waals surface area (Å²) in [4.78, 5) is 6.04. The number of rotatable bonds is 5. The van der Waals surface area contributed by atoms with E-state index < -0.39 is 0 Å². The number of nitrogens with one attached hydrogen (secondary N) is 2. The number of para-hydroxylation sites is 1. The molecular weight excluding hydrogens is 222 g/mol. The molecule has 0 radical (unpaired) electrons. The fourth-order valence-electron chi connectivity index (χ4n) is 2.12. The summed E-state index contributed by atoms with van der Waals surface area (Å²) in [5.41, 5.74) is 3.33. The Morgan fingerprint density at radius 1 is 1.22 bits per heavy atom. The van der Waals surface area contributed by atoms with Crippen LogP contribution >= 0.6 is 0 Å². The molecule has 0 fully saturated rings. The second-order valence-corrected chi connectivity index (χ2v) is 5.07. The molecule has 2 rings (SSSR count). The van der Waals surface area contributed by atoms with E-state index in [0.29, 0.717) is 0 Å². The van der Waals surface area contributed by atoms with Crippen molar-refractivity contribution in [3.05, 3.63) is 36.0 Å². The van der Waals surface area contributed by atoms with Crippen molar-refractivity contribution >= 4 is 16.6 Å². The van der Waals surface area contributed by atoms with E-state index in [0.717, 1.165) is 17.8 Å². The van der Waals surface area contributed by atoms with Gasteiger partial charge in [0.2, 0.25) is 0 Å². The van der Waals surface area contributed by atoms with Crippen LogP contribution in [0.4, 0.5) is 5.69 Å². The Bertz CT molecular complexity index is 520. The van der Waals surface area contributed by atoms with Crippen LogP contribution in [0.1, 0.15) is 12.1 Å². The molecule has 0 bridgehead atoms. The average molecular weight is 244 g/mol. The maximum Gasteiger partial charge on any atom is 0.0783 e. The Balaban J connectivity index is 2.12. The Labute approximate surface area is 109 Å². The lowest BCUT2D eigenvalue weighted by Crippen LogP contribution is -3.05. The van der Waals surface area contributed by atoms with Gasteiger partial charge in [0.25, 0.3) is 0 Å². The predicted octanol–water partition coefficient (Wildman–Crippen LogP) is 1.49. The molecule has 18 heavy (non-hydrogen) atoms. The molecule has 96 valence electrons. The van der Waals surface area contributed by atoms with E-state index in [1.54, 1.807) is 0 Å². The van der Waals surface area contributed by atoms with Gasteiger partial charge in [-0.2, -0.15) is 0 Å². The highest BCUT2D eigenvalue weighted by Gasteiger charge is 2.03. The summed E-state index contributed by atoms with van der Waals surface area (Å²) < 4.78 is 0. The summed E-state index contributed by atoms with van der Waals surface area (Å²) in [7, 11) is 4.37. The van der Waals surface area contributed by atoms with Crippen LogP contribution in [-0.2, 0) is 0 Å². The van der Waals surface area contributed by atoms with Crippen molar-refractivity contribution in [1.29, 1.82) is 0 Å². The van der Waals surface area contributed by atoms with Gasteiger partial charge in [0.15, 0.2) is 0 Å². The van der Waals surface area contributed by atoms with Crippen molar-refractivity contribution in [3.8, 4) is 0 Å². The molecule has 2 N–H and O–H groups in total. The van der Waals surface area contributed by atoms with E-state index in [4.69, 9.17) is 0 Å². The van der Waals surface area contributed by atoms with Gasteiger partial charge >= 0.3 is 0 Å². The summed E-state index contributed by atoms with van der Waals surface area (Å²) in [6, 6.07) is 10.4. The first-order chi connectivity index (χ1) is 8.66. The van der Waals surface area contributed by atoms with Crippen molar-refractivity contribution in [2.24, 2.45) is 0 Å².